The molecule has 0 aliphatic heterocycles. The lowest BCUT2D eigenvalue weighted by Gasteiger charge is -2.25. The van der Waals surface area contributed by atoms with Crippen molar-refractivity contribution in [1.82, 2.24) is 15.0 Å². The number of nitrogens with zero attached hydrogens (tertiary/aromatic N) is 3. The SMILES string of the molecule is [B]c1c([B])c([B])c(-c2c([B])c([B])c([B])c3c2sc2c([B])c(-c4nc(-c5ccc(-c6ccccc6)cc5)nc(-c5cccc(-c6ccccc6)c5)n4)c([B])c([B])c23)c([B])c1[B]. The van der Waals surface area contributed by atoms with Gasteiger partial charge in [-0.05, 0) is 50.2 Å². The van der Waals surface area contributed by atoms with Gasteiger partial charge in [0.15, 0.2) is 17.5 Å². The molecule has 2 aromatic heterocycles. The normalized spacial score (nSPS) is 11.4. The molecule has 0 unspecified atom stereocenters. The first kappa shape index (κ1) is 39.9. The van der Waals surface area contributed by atoms with Gasteiger partial charge in [0.25, 0.3) is 0 Å². The number of hydrogen-bond donors (Lipinski definition) is 0. The van der Waals surface area contributed by atoms with E-state index in [0.29, 0.717) is 42.9 Å². The summed E-state index contributed by atoms with van der Waals surface area (Å²) < 4.78 is 1.03. The summed E-state index contributed by atoms with van der Waals surface area (Å²) in [6.07, 6.45) is 0. The third-order valence-electron chi connectivity index (χ3n) is 10.9. The zero-order valence-corrected chi connectivity index (χ0v) is 32.8. The number of fused-ring (bicyclic) bond motifs is 3. The second kappa shape index (κ2) is 15.5. The van der Waals surface area contributed by atoms with Gasteiger partial charge in [0.05, 0.1) is 0 Å². The molecule has 0 bridgehead atoms. The highest BCUT2D eigenvalue weighted by molar-refractivity contribution is 7.28. The molecule has 3 nitrogen and oxygen atoms in total. The van der Waals surface area contributed by atoms with Gasteiger partial charge in [-0.2, -0.15) is 0 Å². The van der Waals surface area contributed by atoms with Crippen molar-refractivity contribution >= 4 is 178 Å². The van der Waals surface area contributed by atoms with Crippen LogP contribution >= 0.6 is 11.3 Å². The average Bonchev–Trinajstić information content (AvgIpc) is 3.69. The van der Waals surface area contributed by atoms with E-state index in [4.69, 9.17) is 101 Å². The van der Waals surface area contributed by atoms with Crippen molar-refractivity contribution in [2.24, 2.45) is 0 Å². The Kier molecular flexibility index (Phi) is 10.3. The van der Waals surface area contributed by atoms with Crippen molar-refractivity contribution in [3.05, 3.63) is 109 Å². The van der Waals surface area contributed by atoms with Crippen molar-refractivity contribution in [2.75, 3.05) is 0 Å². The lowest BCUT2D eigenvalue weighted by molar-refractivity contribution is 1.08. The lowest BCUT2D eigenvalue weighted by Crippen LogP contribution is -2.56. The predicted molar refractivity (Wildman–Crippen MR) is 265 cm³/mol. The van der Waals surface area contributed by atoms with Crippen molar-refractivity contribution < 1.29 is 0 Å². The number of thiophene rings is 1. The fourth-order valence-electron chi connectivity index (χ4n) is 7.64. The second-order valence-electron chi connectivity index (χ2n) is 14.4. The molecule has 0 spiro atoms. The van der Waals surface area contributed by atoms with E-state index in [1.54, 1.807) is 0 Å². The molecule has 0 aliphatic carbocycles. The molecule has 0 amide bonds. The van der Waals surface area contributed by atoms with Crippen LogP contribution in [0.1, 0.15) is 0 Å². The van der Waals surface area contributed by atoms with E-state index in [2.05, 4.69) is 12.1 Å². The summed E-state index contributed by atoms with van der Waals surface area (Å²) in [5.41, 5.74) is 7.60. The van der Waals surface area contributed by atoms with Gasteiger partial charge < -0.3 is 0 Å². The van der Waals surface area contributed by atoms with Gasteiger partial charge in [-0.1, -0.05) is 141 Å². The number of hydrogen-bond acceptors (Lipinski definition) is 4. The van der Waals surface area contributed by atoms with Gasteiger partial charge in [-0.15, -0.1) is 33.2 Å². The molecule has 0 saturated carbocycles. The molecule has 7 aromatic carbocycles. The maximum atomic E-state index is 7.15. The minimum atomic E-state index is 0.0387. The van der Waals surface area contributed by atoms with Gasteiger partial charge >= 0.3 is 0 Å². The Balaban J connectivity index is 1.30. The van der Waals surface area contributed by atoms with Crippen LogP contribution in [0.2, 0.25) is 0 Å². The van der Waals surface area contributed by atoms with Crippen LogP contribution in [0, 0.1) is 0 Å². The molecule has 9 rings (SSSR count). The van der Waals surface area contributed by atoms with Crippen LogP contribution in [0.15, 0.2) is 109 Å². The monoisotopic (exact) mass is 753 g/mol. The lowest BCUT2D eigenvalue weighted by atomic mass is 9.58. The third-order valence-corrected chi connectivity index (χ3v) is 12.1. The van der Waals surface area contributed by atoms with E-state index >= 15 is 0 Å². The highest BCUT2D eigenvalue weighted by Gasteiger charge is 2.25. The van der Waals surface area contributed by atoms with Crippen LogP contribution in [0.4, 0.5) is 0 Å². The van der Waals surface area contributed by atoms with Crippen molar-refractivity contribution in [2.45, 2.75) is 0 Å². The first-order chi connectivity index (χ1) is 28.8. The van der Waals surface area contributed by atoms with Crippen molar-refractivity contribution in [1.29, 1.82) is 0 Å². The first-order valence-corrected chi connectivity index (χ1v) is 19.5. The zero-order chi connectivity index (χ0) is 42.1. The summed E-state index contributed by atoms with van der Waals surface area (Å²) in [6, 6.07) is 36.1. The minimum absolute atomic E-state index is 0.0387. The highest BCUT2D eigenvalue weighted by atomic mass is 32.1. The summed E-state index contributed by atoms with van der Waals surface area (Å²) in [5.74, 6) is 0.989. The zero-order valence-electron chi connectivity index (χ0n) is 32.0. The topological polar surface area (TPSA) is 38.7 Å². The molecule has 0 aliphatic rings. The van der Waals surface area contributed by atoms with Crippen molar-refractivity contribution in [3.8, 4) is 67.5 Å². The maximum Gasteiger partial charge on any atom is 0.164 e. The largest absolute Gasteiger partial charge is 0.208 e. The van der Waals surface area contributed by atoms with Crippen LogP contribution in [-0.4, -0.2) is 101 Å². The molecule has 2 heterocycles. The molecular formula is C45H18B11N3S. The van der Waals surface area contributed by atoms with Crippen LogP contribution < -0.4 is 60.1 Å². The molecule has 0 saturated heterocycles. The molecule has 22 radical (unpaired) electrons. The summed E-state index contributed by atoms with van der Waals surface area (Å²) in [6.45, 7) is 0. The minimum Gasteiger partial charge on any atom is -0.208 e. The van der Waals surface area contributed by atoms with Gasteiger partial charge in [0.1, 0.15) is 86.3 Å². The Morgan fingerprint density at radius 1 is 0.283 bits per heavy atom. The van der Waals surface area contributed by atoms with Gasteiger partial charge in [0.2, 0.25) is 0 Å². The Hall–Kier alpha value is -5.52. The molecule has 9 aromatic rings. The van der Waals surface area contributed by atoms with Gasteiger partial charge in [0, 0.05) is 26.1 Å². The van der Waals surface area contributed by atoms with Gasteiger partial charge in [-0.25, -0.2) is 15.0 Å². The molecule has 0 atom stereocenters. The molecule has 15 heteroatoms. The number of benzene rings is 7. The van der Waals surface area contributed by atoms with E-state index in [1.807, 2.05) is 97.1 Å². The van der Waals surface area contributed by atoms with Crippen LogP contribution in [0.5, 0.6) is 0 Å². The van der Waals surface area contributed by atoms with E-state index < -0.39 is 0 Å². The summed E-state index contributed by atoms with van der Waals surface area (Å²) >= 11 is 1.24. The van der Waals surface area contributed by atoms with E-state index in [0.717, 1.165) is 33.4 Å². The Bertz CT molecular complexity index is 3180. The maximum absolute atomic E-state index is 7.15. The standard InChI is InChI=1S/C45H18B11N3S/c46-30-25(31(47)39(55)40(56)38(30)54)26-33(49)37(53)34(50)27-28-32(48)35(51)29(36(52)42(28)60-41(26)27)45-58-43(22-16-14-21(15-17-22)19-8-3-1-4-9-19)57-44(59-45)24-13-7-12-23(18-24)20-10-5-2-6-11-20/h1-18H. The summed E-state index contributed by atoms with van der Waals surface area (Å²) in [5, 5.41) is 0.898. The van der Waals surface area contributed by atoms with Gasteiger partial charge in [-0.3, -0.25) is 0 Å². The van der Waals surface area contributed by atoms with E-state index in [1.165, 1.54) is 11.3 Å². The highest BCUT2D eigenvalue weighted by Crippen LogP contribution is 2.37. The van der Waals surface area contributed by atoms with Crippen LogP contribution in [0.25, 0.3) is 87.7 Å². The molecule has 0 fully saturated rings. The third kappa shape index (κ3) is 6.48. The van der Waals surface area contributed by atoms with E-state index in [9.17, 15) is 0 Å². The molecular weight excluding hydrogens is 734 g/mol. The fourth-order valence-corrected chi connectivity index (χ4v) is 9.00. The fraction of sp³-hybridized carbons (Fsp3) is 0. The number of aromatic nitrogens is 3. The molecule has 0 N–H and O–H groups in total. The first-order valence-electron chi connectivity index (χ1n) is 18.6. The Labute approximate surface area is 367 Å². The van der Waals surface area contributed by atoms with E-state index in [-0.39, 0.29) is 71.5 Å². The summed E-state index contributed by atoms with van der Waals surface area (Å²) in [7, 11) is 73.0. The average molecular weight is 752 g/mol. The van der Waals surface area contributed by atoms with Crippen LogP contribution in [0.3, 0.4) is 0 Å². The summed E-state index contributed by atoms with van der Waals surface area (Å²) in [4.78, 5) is 15.0. The van der Waals surface area contributed by atoms with Crippen LogP contribution in [-0.2, 0) is 0 Å². The molecule has 60 heavy (non-hydrogen) atoms. The van der Waals surface area contributed by atoms with Crippen molar-refractivity contribution in [3.63, 3.8) is 0 Å². The predicted octanol–water partition coefficient (Wildman–Crippen LogP) is -1.03. The quantitative estimate of drug-likeness (QED) is 0.205. The Morgan fingerprint density at radius 3 is 1.30 bits per heavy atom. The Morgan fingerprint density at radius 2 is 0.683 bits per heavy atom. The molecule has 252 valence electrons. The second-order valence-corrected chi connectivity index (χ2v) is 15.4. The smallest absolute Gasteiger partial charge is 0.164 e. The number of rotatable bonds is 6.